The van der Waals surface area contributed by atoms with Gasteiger partial charge < -0.3 is 24.4 Å². The number of amides is 1. The fourth-order valence-corrected chi connectivity index (χ4v) is 3.62. The molecule has 0 aliphatic carbocycles. The van der Waals surface area contributed by atoms with Crippen LogP contribution in [0.4, 0.5) is 36.8 Å². The number of hydrogen-bond acceptors (Lipinski definition) is 6. The van der Waals surface area contributed by atoms with Crippen molar-refractivity contribution in [2.45, 2.75) is 57.6 Å². The van der Waals surface area contributed by atoms with Crippen molar-refractivity contribution in [2.24, 2.45) is 0 Å². The van der Waals surface area contributed by atoms with Crippen molar-refractivity contribution >= 4 is 11.8 Å². The van der Waals surface area contributed by atoms with Crippen LogP contribution >= 0.6 is 0 Å². The number of rotatable bonds is 6. The minimum Gasteiger partial charge on any atom is -0.491 e. The van der Waals surface area contributed by atoms with Crippen LogP contribution < -0.4 is 15.0 Å². The SMILES string of the molecule is CC(C)(C)OC(=O)NCc1ccc(OC[C@@H]2CN(c3ccc(C#N)c(C(F)(F)F)c3)[C@@H](C(F)(F)F)O2)cc1. The van der Waals surface area contributed by atoms with Gasteiger partial charge in [0.25, 0.3) is 0 Å². The molecular formula is C25H25F6N3O4. The highest BCUT2D eigenvalue weighted by atomic mass is 19.4. The number of nitrogens with zero attached hydrogens (tertiary/aromatic N) is 2. The van der Waals surface area contributed by atoms with Gasteiger partial charge in [0.05, 0.1) is 23.7 Å². The number of nitriles is 1. The van der Waals surface area contributed by atoms with E-state index in [4.69, 9.17) is 19.5 Å². The van der Waals surface area contributed by atoms with Crippen LogP contribution in [-0.2, 0) is 22.2 Å². The molecule has 1 heterocycles. The van der Waals surface area contributed by atoms with Gasteiger partial charge in [0.15, 0.2) is 0 Å². The first-order valence-electron chi connectivity index (χ1n) is 11.4. The zero-order chi connectivity index (χ0) is 28.3. The monoisotopic (exact) mass is 545 g/mol. The predicted molar refractivity (Wildman–Crippen MR) is 123 cm³/mol. The van der Waals surface area contributed by atoms with Crippen LogP contribution in [0.15, 0.2) is 42.5 Å². The Bertz CT molecular complexity index is 1170. The van der Waals surface area contributed by atoms with Crippen molar-refractivity contribution in [3.8, 4) is 11.8 Å². The summed E-state index contributed by atoms with van der Waals surface area (Å²) in [6, 6.07) is 10.1. The van der Waals surface area contributed by atoms with Crippen molar-refractivity contribution < 1.29 is 45.3 Å². The van der Waals surface area contributed by atoms with Crippen molar-refractivity contribution in [3.63, 3.8) is 0 Å². The van der Waals surface area contributed by atoms with Crippen LogP contribution in [0.5, 0.6) is 5.75 Å². The Morgan fingerprint density at radius 2 is 1.76 bits per heavy atom. The molecule has 1 fully saturated rings. The lowest BCUT2D eigenvalue weighted by Crippen LogP contribution is -2.42. The van der Waals surface area contributed by atoms with Gasteiger partial charge in [0, 0.05) is 12.2 Å². The normalized spacial score (nSPS) is 18.2. The molecule has 0 spiro atoms. The Morgan fingerprint density at radius 1 is 1.11 bits per heavy atom. The first-order valence-corrected chi connectivity index (χ1v) is 11.4. The summed E-state index contributed by atoms with van der Waals surface area (Å²) in [5.41, 5.74) is -2.35. The van der Waals surface area contributed by atoms with Crippen molar-refractivity contribution in [1.29, 1.82) is 5.26 Å². The van der Waals surface area contributed by atoms with Gasteiger partial charge in [0.2, 0.25) is 6.23 Å². The van der Waals surface area contributed by atoms with Crippen LogP contribution in [0.25, 0.3) is 0 Å². The van der Waals surface area contributed by atoms with Gasteiger partial charge in [-0.05, 0) is 56.7 Å². The van der Waals surface area contributed by atoms with E-state index in [1.807, 2.05) is 0 Å². The summed E-state index contributed by atoms with van der Waals surface area (Å²) in [6.07, 6.45) is -14.0. The lowest BCUT2D eigenvalue weighted by Gasteiger charge is -2.27. The molecule has 0 radical (unpaired) electrons. The number of alkyl carbamates (subject to hydrolysis) is 1. The summed E-state index contributed by atoms with van der Waals surface area (Å²) in [5, 5.41) is 11.5. The van der Waals surface area contributed by atoms with Crippen LogP contribution in [0.3, 0.4) is 0 Å². The van der Waals surface area contributed by atoms with Gasteiger partial charge in [-0.15, -0.1) is 0 Å². The predicted octanol–water partition coefficient (Wildman–Crippen LogP) is 5.77. The third-order valence-electron chi connectivity index (χ3n) is 5.24. The zero-order valence-electron chi connectivity index (χ0n) is 20.6. The number of carbonyl (C=O) groups excluding carboxylic acids is 1. The summed E-state index contributed by atoms with van der Waals surface area (Å²) in [7, 11) is 0. The van der Waals surface area contributed by atoms with E-state index < -0.39 is 54.1 Å². The molecular weight excluding hydrogens is 520 g/mol. The summed E-state index contributed by atoms with van der Waals surface area (Å²) in [6.45, 7) is 4.66. The molecule has 2 aromatic carbocycles. The Labute approximate surface area is 214 Å². The number of alkyl halides is 6. The highest BCUT2D eigenvalue weighted by Crippen LogP contribution is 2.39. The molecule has 38 heavy (non-hydrogen) atoms. The minimum absolute atomic E-state index is 0.174. The number of benzene rings is 2. The molecule has 0 aromatic heterocycles. The second kappa shape index (κ2) is 11.0. The molecule has 3 rings (SSSR count). The fourth-order valence-electron chi connectivity index (χ4n) is 3.62. The smallest absolute Gasteiger partial charge is 0.433 e. The average molecular weight is 545 g/mol. The van der Waals surface area contributed by atoms with Gasteiger partial charge >= 0.3 is 18.4 Å². The van der Waals surface area contributed by atoms with E-state index in [0.717, 1.165) is 12.1 Å². The number of ether oxygens (including phenoxy) is 3. The molecule has 0 bridgehead atoms. The number of nitrogens with one attached hydrogen (secondary N) is 1. The first-order chi connectivity index (χ1) is 17.6. The highest BCUT2D eigenvalue weighted by molar-refractivity contribution is 5.67. The number of carbonyl (C=O) groups is 1. The highest BCUT2D eigenvalue weighted by Gasteiger charge is 2.51. The number of halogens is 6. The summed E-state index contributed by atoms with van der Waals surface area (Å²) in [5.74, 6) is 0.314. The molecule has 1 saturated heterocycles. The summed E-state index contributed by atoms with van der Waals surface area (Å²) < 4.78 is 96.7. The molecule has 7 nitrogen and oxygen atoms in total. The lowest BCUT2D eigenvalue weighted by atomic mass is 10.1. The Hall–Kier alpha value is -3.66. The van der Waals surface area contributed by atoms with E-state index in [9.17, 15) is 31.1 Å². The third-order valence-corrected chi connectivity index (χ3v) is 5.24. The van der Waals surface area contributed by atoms with E-state index in [0.29, 0.717) is 22.3 Å². The van der Waals surface area contributed by atoms with E-state index in [1.54, 1.807) is 45.0 Å². The van der Waals surface area contributed by atoms with Gasteiger partial charge in [-0.3, -0.25) is 0 Å². The summed E-state index contributed by atoms with van der Waals surface area (Å²) in [4.78, 5) is 12.4. The molecule has 2 aromatic rings. The van der Waals surface area contributed by atoms with Gasteiger partial charge in [-0.25, -0.2) is 4.79 Å². The molecule has 0 saturated carbocycles. The van der Waals surface area contributed by atoms with E-state index in [2.05, 4.69) is 5.32 Å². The molecule has 0 unspecified atom stereocenters. The van der Waals surface area contributed by atoms with E-state index >= 15 is 0 Å². The topological polar surface area (TPSA) is 83.8 Å². The molecule has 1 aliphatic heterocycles. The minimum atomic E-state index is -4.92. The maximum Gasteiger partial charge on any atom is 0.433 e. The maximum atomic E-state index is 13.7. The van der Waals surface area contributed by atoms with E-state index in [-0.39, 0.29) is 18.8 Å². The molecule has 1 amide bonds. The Morgan fingerprint density at radius 3 is 2.32 bits per heavy atom. The van der Waals surface area contributed by atoms with E-state index in [1.165, 1.54) is 6.07 Å². The Kier molecular flexibility index (Phi) is 8.36. The second-order valence-electron chi connectivity index (χ2n) is 9.45. The van der Waals surface area contributed by atoms with Crippen LogP contribution in [-0.4, -0.2) is 43.4 Å². The first kappa shape index (κ1) is 28.9. The molecule has 1 N–H and O–H groups in total. The van der Waals surface area contributed by atoms with Crippen LogP contribution in [0, 0.1) is 11.3 Å². The molecule has 1 aliphatic rings. The quantitative estimate of drug-likeness (QED) is 0.464. The summed E-state index contributed by atoms with van der Waals surface area (Å²) >= 11 is 0. The Balaban J connectivity index is 1.65. The van der Waals surface area contributed by atoms with Gasteiger partial charge in [-0.2, -0.15) is 31.6 Å². The van der Waals surface area contributed by atoms with Crippen molar-refractivity contribution in [3.05, 3.63) is 59.2 Å². The third kappa shape index (κ3) is 7.67. The standard InChI is InChI=1S/C25H25F6N3O4/c1-23(2,3)38-22(35)33-12-15-4-8-18(9-5-15)36-14-19-13-34(21(37-19)25(29,30)31)17-7-6-16(11-32)20(10-17)24(26,27)28/h4-10,19,21H,12-14H2,1-3H3,(H,33,35)/t19-,21+/m0/s1. The number of hydrogen-bond donors (Lipinski definition) is 1. The fraction of sp³-hybridized carbons (Fsp3) is 0.440. The zero-order valence-corrected chi connectivity index (χ0v) is 20.6. The van der Waals surface area contributed by atoms with Gasteiger partial charge in [0.1, 0.15) is 24.1 Å². The lowest BCUT2D eigenvalue weighted by molar-refractivity contribution is -0.215. The number of anilines is 1. The van der Waals surface area contributed by atoms with Crippen molar-refractivity contribution in [2.75, 3.05) is 18.1 Å². The van der Waals surface area contributed by atoms with Gasteiger partial charge in [-0.1, -0.05) is 12.1 Å². The van der Waals surface area contributed by atoms with Crippen LogP contribution in [0.2, 0.25) is 0 Å². The largest absolute Gasteiger partial charge is 0.491 e. The van der Waals surface area contributed by atoms with Crippen LogP contribution in [0.1, 0.15) is 37.5 Å². The molecule has 13 heteroatoms. The van der Waals surface area contributed by atoms with Crippen molar-refractivity contribution in [1.82, 2.24) is 5.32 Å². The average Bonchev–Trinajstić information content (AvgIpc) is 3.25. The molecule has 206 valence electrons. The maximum absolute atomic E-state index is 13.7. The second-order valence-corrected chi connectivity index (χ2v) is 9.45. The molecule has 2 atom stereocenters.